The molecule has 46 heavy (non-hydrogen) atoms. The number of aromatic nitrogens is 6. The molecule has 0 saturated heterocycles. The number of aryl methyl sites for hydroxylation is 4. The Hall–Kier alpha value is -5.34. The molecular formula is C32H32N8O4S2. The summed E-state index contributed by atoms with van der Waals surface area (Å²) in [7, 11) is 3.09. The van der Waals surface area contributed by atoms with E-state index in [1.165, 1.54) is 47.5 Å². The Kier molecular flexibility index (Phi) is 9.88. The van der Waals surface area contributed by atoms with Gasteiger partial charge in [-0.15, -0.1) is 22.7 Å². The summed E-state index contributed by atoms with van der Waals surface area (Å²) in [4.78, 5) is 25.2. The molecule has 0 aliphatic heterocycles. The lowest BCUT2D eigenvalue weighted by molar-refractivity contribution is 0.389. The van der Waals surface area contributed by atoms with E-state index in [-0.39, 0.29) is 0 Å². The van der Waals surface area contributed by atoms with Gasteiger partial charge in [0.2, 0.25) is 23.5 Å². The Balaban J connectivity index is 0.000000181. The zero-order valence-corrected chi connectivity index (χ0v) is 27.7. The van der Waals surface area contributed by atoms with Gasteiger partial charge >= 0.3 is 0 Å². The lowest BCUT2D eigenvalue weighted by Crippen LogP contribution is -1.95. The van der Waals surface area contributed by atoms with Gasteiger partial charge in [0.25, 0.3) is 0 Å². The maximum Gasteiger partial charge on any atom is 0.238 e. The van der Waals surface area contributed by atoms with Crippen LogP contribution < -0.4 is 30.4 Å². The highest BCUT2D eigenvalue weighted by Crippen LogP contribution is 2.35. The first-order chi connectivity index (χ1) is 22.1. The smallest absolute Gasteiger partial charge is 0.238 e. The van der Waals surface area contributed by atoms with Gasteiger partial charge in [-0.2, -0.15) is 0 Å². The van der Waals surface area contributed by atoms with Crippen molar-refractivity contribution in [3.63, 3.8) is 0 Å². The lowest BCUT2D eigenvalue weighted by Gasteiger charge is -2.11. The van der Waals surface area contributed by atoms with Crippen molar-refractivity contribution in [2.75, 3.05) is 25.7 Å². The summed E-state index contributed by atoms with van der Waals surface area (Å²) in [5.74, 6) is 3.12. The van der Waals surface area contributed by atoms with E-state index in [0.29, 0.717) is 45.3 Å². The average Bonchev–Trinajstić information content (AvgIpc) is 3.65. The van der Waals surface area contributed by atoms with E-state index in [1.54, 1.807) is 14.2 Å². The van der Waals surface area contributed by atoms with Crippen molar-refractivity contribution < 1.29 is 18.9 Å². The van der Waals surface area contributed by atoms with Crippen LogP contribution in [0.15, 0.2) is 59.8 Å². The SMILES string of the molecule is COc1cnc(Oc2cc(C)c(-c3csc(N)n3)c(C)c2)cn1.COc1cnc(Oc2cc(C)c(-c3csc(N)n3)c(C)c2)cn1. The largest absolute Gasteiger partial charge is 0.480 e. The Bertz CT molecular complexity index is 1760. The molecule has 0 aliphatic rings. The first-order valence-electron chi connectivity index (χ1n) is 13.9. The maximum atomic E-state index is 5.76. The van der Waals surface area contributed by atoms with E-state index >= 15 is 0 Å². The number of benzene rings is 2. The number of hydrogen-bond donors (Lipinski definition) is 2. The zero-order chi connectivity index (χ0) is 32.8. The predicted octanol–water partition coefficient (Wildman–Crippen LogP) is 7.20. The number of nitrogens with two attached hydrogens (primary N) is 2. The van der Waals surface area contributed by atoms with Crippen LogP contribution in [-0.2, 0) is 0 Å². The summed E-state index contributed by atoms with van der Waals surface area (Å²) in [6.07, 6.45) is 6.08. The van der Waals surface area contributed by atoms with Gasteiger partial charge in [-0.05, 0) is 74.2 Å². The summed E-state index contributed by atoms with van der Waals surface area (Å²) in [5.41, 5.74) is 19.6. The Morgan fingerprint density at radius 3 is 1.11 bits per heavy atom. The van der Waals surface area contributed by atoms with Gasteiger partial charge in [0.1, 0.15) is 11.5 Å². The van der Waals surface area contributed by atoms with Crippen LogP contribution in [0.25, 0.3) is 22.5 Å². The highest BCUT2D eigenvalue weighted by atomic mass is 32.1. The normalized spacial score (nSPS) is 10.6. The fourth-order valence-electron chi connectivity index (χ4n) is 4.74. The quantitative estimate of drug-likeness (QED) is 0.169. The molecule has 0 aliphatic carbocycles. The molecule has 0 atom stereocenters. The molecule has 0 saturated carbocycles. The highest BCUT2D eigenvalue weighted by Gasteiger charge is 2.14. The van der Waals surface area contributed by atoms with E-state index in [9.17, 15) is 0 Å². The molecule has 0 fully saturated rings. The van der Waals surface area contributed by atoms with Gasteiger partial charge in [0.05, 0.1) is 50.4 Å². The molecule has 4 heterocycles. The van der Waals surface area contributed by atoms with Crippen LogP contribution in [0, 0.1) is 27.7 Å². The summed E-state index contributed by atoms with van der Waals surface area (Å²) < 4.78 is 21.5. The number of thiazole rings is 2. The van der Waals surface area contributed by atoms with Crippen LogP contribution in [0.2, 0.25) is 0 Å². The molecule has 4 aromatic heterocycles. The second kappa shape index (κ2) is 14.2. The van der Waals surface area contributed by atoms with Crippen LogP contribution in [0.4, 0.5) is 10.3 Å². The second-order valence-corrected chi connectivity index (χ2v) is 11.8. The number of rotatable bonds is 8. The van der Waals surface area contributed by atoms with Crippen molar-refractivity contribution in [2.24, 2.45) is 0 Å². The van der Waals surface area contributed by atoms with Crippen molar-refractivity contribution in [3.05, 3.63) is 82.1 Å². The van der Waals surface area contributed by atoms with Crippen LogP contribution in [0.1, 0.15) is 22.3 Å². The minimum absolute atomic E-state index is 0.412. The number of methoxy groups -OCH3 is 2. The lowest BCUT2D eigenvalue weighted by atomic mass is 10.0. The average molecular weight is 657 g/mol. The van der Waals surface area contributed by atoms with Crippen molar-refractivity contribution in [1.82, 2.24) is 29.9 Å². The van der Waals surface area contributed by atoms with Crippen molar-refractivity contribution in [3.8, 4) is 57.5 Å². The Morgan fingerprint density at radius 1 is 0.522 bits per heavy atom. The van der Waals surface area contributed by atoms with E-state index in [2.05, 4.69) is 29.9 Å². The minimum Gasteiger partial charge on any atom is -0.480 e. The fourth-order valence-corrected chi connectivity index (χ4v) is 5.85. The van der Waals surface area contributed by atoms with E-state index in [0.717, 1.165) is 44.8 Å². The molecule has 236 valence electrons. The molecule has 14 heteroatoms. The molecule has 2 aromatic carbocycles. The molecule has 0 unspecified atom stereocenters. The summed E-state index contributed by atoms with van der Waals surface area (Å²) in [6.45, 7) is 8.07. The zero-order valence-electron chi connectivity index (χ0n) is 26.1. The molecule has 6 aromatic rings. The van der Waals surface area contributed by atoms with Crippen LogP contribution in [0.3, 0.4) is 0 Å². The minimum atomic E-state index is 0.412. The van der Waals surface area contributed by atoms with E-state index in [1.807, 2.05) is 62.7 Å². The van der Waals surface area contributed by atoms with Gasteiger partial charge in [-0.25, -0.2) is 29.9 Å². The first-order valence-corrected chi connectivity index (χ1v) is 15.6. The standard InChI is InChI=1S/2C16H16N4O2S/c2*1-9-4-11(22-14-7-18-13(21-3)6-19-14)5-10(2)15(9)12-8-23-16(17)20-12/h2*4-8H,1-3H3,(H2,17,20). The van der Waals surface area contributed by atoms with Gasteiger partial charge in [-0.1, -0.05) is 0 Å². The van der Waals surface area contributed by atoms with Crippen molar-refractivity contribution in [1.29, 1.82) is 0 Å². The summed E-state index contributed by atoms with van der Waals surface area (Å²) >= 11 is 2.86. The number of anilines is 2. The maximum absolute atomic E-state index is 5.76. The molecule has 0 amide bonds. The molecule has 0 bridgehead atoms. The molecule has 12 nitrogen and oxygen atoms in total. The summed E-state index contributed by atoms with van der Waals surface area (Å²) in [6, 6.07) is 7.79. The summed E-state index contributed by atoms with van der Waals surface area (Å²) in [5, 5.41) is 5.04. The molecular weight excluding hydrogens is 625 g/mol. The number of ether oxygens (including phenoxy) is 4. The van der Waals surface area contributed by atoms with E-state index < -0.39 is 0 Å². The topological polar surface area (TPSA) is 166 Å². The number of hydrogen-bond acceptors (Lipinski definition) is 14. The van der Waals surface area contributed by atoms with Crippen molar-refractivity contribution in [2.45, 2.75) is 27.7 Å². The fraction of sp³-hybridized carbons (Fsp3) is 0.188. The predicted molar refractivity (Wildman–Crippen MR) is 180 cm³/mol. The third kappa shape index (κ3) is 7.65. The molecule has 0 radical (unpaired) electrons. The Labute approximate surface area is 274 Å². The van der Waals surface area contributed by atoms with Crippen LogP contribution >= 0.6 is 22.7 Å². The highest BCUT2D eigenvalue weighted by molar-refractivity contribution is 7.14. The van der Waals surface area contributed by atoms with Crippen LogP contribution in [0.5, 0.6) is 35.0 Å². The van der Waals surface area contributed by atoms with Gasteiger partial charge in [0.15, 0.2) is 10.3 Å². The Morgan fingerprint density at radius 2 is 0.848 bits per heavy atom. The number of nitrogen functional groups attached to an aromatic ring is 2. The first kappa shape index (κ1) is 32.1. The van der Waals surface area contributed by atoms with Crippen molar-refractivity contribution >= 4 is 32.9 Å². The molecule has 4 N–H and O–H groups in total. The van der Waals surface area contributed by atoms with Gasteiger partial charge in [0, 0.05) is 21.9 Å². The second-order valence-electron chi connectivity index (χ2n) is 10.0. The van der Waals surface area contributed by atoms with E-state index in [4.69, 9.17) is 30.4 Å². The third-order valence-electron chi connectivity index (χ3n) is 6.64. The number of nitrogens with zero attached hydrogens (tertiary/aromatic N) is 6. The van der Waals surface area contributed by atoms with Gasteiger partial charge < -0.3 is 30.4 Å². The van der Waals surface area contributed by atoms with Gasteiger partial charge in [-0.3, -0.25) is 0 Å². The molecule has 0 spiro atoms. The molecule has 6 rings (SSSR count). The van der Waals surface area contributed by atoms with Crippen LogP contribution in [-0.4, -0.2) is 44.1 Å². The monoisotopic (exact) mass is 656 g/mol. The third-order valence-corrected chi connectivity index (χ3v) is 7.99.